The number of benzene rings is 1. The third-order valence-electron chi connectivity index (χ3n) is 3.57. The number of hydrogen-bond acceptors (Lipinski definition) is 3. The van der Waals surface area contributed by atoms with Crippen LogP contribution in [-0.4, -0.2) is 15.8 Å². The van der Waals surface area contributed by atoms with E-state index in [2.05, 4.69) is 11.1 Å². The molecule has 4 heteroatoms. The smallest absolute Gasteiger partial charge is 0.150 e. The van der Waals surface area contributed by atoms with E-state index in [4.69, 9.17) is 0 Å². The molecule has 0 saturated carbocycles. The van der Waals surface area contributed by atoms with Gasteiger partial charge in [-0.25, -0.2) is 4.98 Å². The Morgan fingerprint density at radius 2 is 2.16 bits per heavy atom. The second kappa shape index (κ2) is 4.69. The van der Waals surface area contributed by atoms with Gasteiger partial charge in [-0.3, -0.25) is 4.79 Å². The van der Waals surface area contributed by atoms with Crippen LogP contribution in [0.2, 0.25) is 0 Å². The van der Waals surface area contributed by atoms with Gasteiger partial charge in [0.15, 0.2) is 0 Å². The van der Waals surface area contributed by atoms with Crippen molar-refractivity contribution < 1.29 is 4.79 Å². The number of carbonyl (C=O) groups is 1. The molecule has 1 aromatic heterocycles. The number of aldehydes is 1. The molecule has 4 nitrogen and oxygen atoms in total. The summed E-state index contributed by atoms with van der Waals surface area (Å²) < 4.78 is 1.99. The van der Waals surface area contributed by atoms with Crippen molar-refractivity contribution in [3.63, 3.8) is 0 Å². The molecule has 19 heavy (non-hydrogen) atoms. The molecule has 0 bridgehead atoms. The van der Waals surface area contributed by atoms with Crippen LogP contribution >= 0.6 is 0 Å². The third kappa shape index (κ3) is 1.93. The van der Waals surface area contributed by atoms with Crippen LogP contribution in [0.25, 0.3) is 5.69 Å². The summed E-state index contributed by atoms with van der Waals surface area (Å²) in [4.78, 5) is 15.2. The van der Waals surface area contributed by atoms with Crippen molar-refractivity contribution in [3.05, 3.63) is 47.0 Å². The molecule has 94 valence electrons. The number of imidazole rings is 1. The zero-order valence-electron chi connectivity index (χ0n) is 10.5. The zero-order valence-corrected chi connectivity index (χ0v) is 10.5. The van der Waals surface area contributed by atoms with E-state index in [1.54, 1.807) is 18.5 Å². The van der Waals surface area contributed by atoms with Crippen molar-refractivity contribution in [1.29, 1.82) is 5.26 Å². The lowest BCUT2D eigenvalue weighted by Crippen LogP contribution is -2.08. The molecule has 1 heterocycles. The summed E-state index contributed by atoms with van der Waals surface area (Å²) in [5.41, 5.74) is 4.17. The fourth-order valence-corrected chi connectivity index (χ4v) is 2.60. The van der Waals surface area contributed by atoms with Crippen LogP contribution in [0.1, 0.15) is 40.2 Å². The molecular formula is C15H13N3O. The highest BCUT2D eigenvalue weighted by molar-refractivity contribution is 5.76. The van der Waals surface area contributed by atoms with Crippen molar-refractivity contribution in [2.45, 2.75) is 25.7 Å². The summed E-state index contributed by atoms with van der Waals surface area (Å²) >= 11 is 0. The van der Waals surface area contributed by atoms with Gasteiger partial charge in [0.2, 0.25) is 0 Å². The van der Waals surface area contributed by atoms with Crippen LogP contribution in [0.4, 0.5) is 0 Å². The molecule has 0 N–H and O–H groups in total. The molecular weight excluding hydrogens is 238 g/mol. The lowest BCUT2D eigenvalue weighted by Gasteiger charge is -2.15. The highest BCUT2D eigenvalue weighted by atomic mass is 16.1. The number of rotatable bonds is 2. The molecule has 1 aliphatic rings. The molecule has 0 radical (unpaired) electrons. The molecule has 3 rings (SSSR count). The Kier molecular flexibility index (Phi) is 2.88. The maximum atomic E-state index is 10.8. The summed E-state index contributed by atoms with van der Waals surface area (Å²) in [6.45, 7) is 0. The average Bonchev–Trinajstić information content (AvgIpc) is 2.90. The number of nitriles is 1. The van der Waals surface area contributed by atoms with Crippen LogP contribution in [0.5, 0.6) is 0 Å². The third-order valence-corrected chi connectivity index (χ3v) is 3.57. The zero-order chi connectivity index (χ0) is 13.2. The van der Waals surface area contributed by atoms with E-state index in [0.717, 1.165) is 36.9 Å². The molecule has 0 aliphatic heterocycles. The number of fused-ring (bicyclic) bond motifs is 1. The molecule has 0 atom stereocenters. The first kappa shape index (κ1) is 11.7. The first-order chi connectivity index (χ1) is 9.33. The molecule has 0 spiro atoms. The summed E-state index contributed by atoms with van der Waals surface area (Å²) in [5.74, 6) is 0. The van der Waals surface area contributed by atoms with Gasteiger partial charge in [-0.15, -0.1) is 0 Å². The van der Waals surface area contributed by atoms with Gasteiger partial charge in [0.1, 0.15) is 12.4 Å². The quantitative estimate of drug-likeness (QED) is 0.770. The fraction of sp³-hybridized carbons (Fsp3) is 0.267. The number of aromatic nitrogens is 2. The maximum Gasteiger partial charge on any atom is 0.150 e. The summed E-state index contributed by atoms with van der Waals surface area (Å²) in [6.07, 6.45) is 6.89. The second-order valence-electron chi connectivity index (χ2n) is 4.72. The van der Waals surface area contributed by atoms with E-state index in [9.17, 15) is 10.1 Å². The van der Waals surface area contributed by atoms with Gasteiger partial charge in [-0.2, -0.15) is 5.26 Å². The number of hydrogen-bond donors (Lipinski definition) is 0. The SMILES string of the molecule is N#Cc1cc(C=O)ccc1-n1cnc2c1CCCC2. The topological polar surface area (TPSA) is 58.7 Å². The van der Waals surface area contributed by atoms with Crippen molar-refractivity contribution >= 4 is 6.29 Å². The Morgan fingerprint density at radius 1 is 1.32 bits per heavy atom. The number of carbonyl (C=O) groups excluding carboxylic acids is 1. The summed E-state index contributed by atoms with van der Waals surface area (Å²) in [6, 6.07) is 7.33. The van der Waals surface area contributed by atoms with E-state index < -0.39 is 0 Å². The van der Waals surface area contributed by atoms with Gasteiger partial charge in [0.25, 0.3) is 0 Å². The molecule has 0 amide bonds. The van der Waals surface area contributed by atoms with Crippen molar-refractivity contribution in [2.75, 3.05) is 0 Å². The van der Waals surface area contributed by atoms with Gasteiger partial charge < -0.3 is 4.57 Å². The van der Waals surface area contributed by atoms with Crippen LogP contribution in [0.3, 0.4) is 0 Å². The Balaban J connectivity index is 2.14. The van der Waals surface area contributed by atoms with Gasteiger partial charge in [0.05, 0.1) is 23.3 Å². The van der Waals surface area contributed by atoms with Crippen LogP contribution in [0.15, 0.2) is 24.5 Å². The fourth-order valence-electron chi connectivity index (χ4n) is 2.60. The largest absolute Gasteiger partial charge is 0.302 e. The predicted octanol–water partition coefficient (Wildman–Crippen LogP) is 2.44. The molecule has 0 unspecified atom stereocenters. The minimum Gasteiger partial charge on any atom is -0.302 e. The van der Waals surface area contributed by atoms with E-state index in [1.807, 2.05) is 10.6 Å². The standard InChI is InChI=1S/C15H13N3O/c16-8-12-7-11(9-19)5-6-14(12)18-10-17-13-3-1-2-4-15(13)18/h5-7,9-10H,1-4H2. The molecule has 2 aromatic rings. The van der Waals surface area contributed by atoms with Gasteiger partial charge in [-0.1, -0.05) is 0 Å². The number of nitrogens with zero attached hydrogens (tertiary/aromatic N) is 3. The second-order valence-corrected chi connectivity index (χ2v) is 4.72. The highest BCUT2D eigenvalue weighted by Crippen LogP contribution is 2.25. The molecule has 1 aliphatic carbocycles. The first-order valence-corrected chi connectivity index (χ1v) is 6.38. The highest BCUT2D eigenvalue weighted by Gasteiger charge is 2.17. The van der Waals surface area contributed by atoms with Gasteiger partial charge >= 0.3 is 0 Å². The Hall–Kier alpha value is -2.41. The normalized spacial score (nSPS) is 13.6. The van der Waals surface area contributed by atoms with Crippen LogP contribution in [-0.2, 0) is 12.8 Å². The minimum atomic E-state index is 0.510. The van der Waals surface area contributed by atoms with Crippen molar-refractivity contribution in [3.8, 4) is 11.8 Å². The van der Waals surface area contributed by atoms with Gasteiger partial charge in [-0.05, 0) is 43.9 Å². The first-order valence-electron chi connectivity index (χ1n) is 6.38. The van der Waals surface area contributed by atoms with E-state index in [1.165, 1.54) is 12.1 Å². The number of aryl methyl sites for hydroxylation is 1. The molecule has 0 saturated heterocycles. The van der Waals surface area contributed by atoms with Crippen LogP contribution in [0, 0.1) is 11.3 Å². The molecule has 1 aromatic carbocycles. The van der Waals surface area contributed by atoms with Gasteiger partial charge in [0, 0.05) is 11.3 Å². The lowest BCUT2D eigenvalue weighted by atomic mass is 10.0. The molecule has 0 fully saturated rings. The van der Waals surface area contributed by atoms with Crippen molar-refractivity contribution in [1.82, 2.24) is 9.55 Å². The Bertz CT molecular complexity index is 679. The Morgan fingerprint density at radius 3 is 2.95 bits per heavy atom. The maximum absolute atomic E-state index is 10.8. The van der Waals surface area contributed by atoms with Crippen LogP contribution < -0.4 is 0 Å². The van der Waals surface area contributed by atoms with Crippen molar-refractivity contribution in [2.24, 2.45) is 0 Å². The predicted molar refractivity (Wildman–Crippen MR) is 70.3 cm³/mol. The summed E-state index contributed by atoms with van der Waals surface area (Å²) in [5, 5.41) is 9.24. The lowest BCUT2D eigenvalue weighted by molar-refractivity contribution is 0.112. The Labute approximate surface area is 111 Å². The van der Waals surface area contributed by atoms with E-state index in [0.29, 0.717) is 11.1 Å². The van der Waals surface area contributed by atoms with E-state index in [-0.39, 0.29) is 0 Å². The average molecular weight is 251 g/mol. The summed E-state index contributed by atoms with van der Waals surface area (Å²) in [7, 11) is 0. The monoisotopic (exact) mass is 251 g/mol. The minimum absolute atomic E-state index is 0.510. The van der Waals surface area contributed by atoms with E-state index >= 15 is 0 Å².